The van der Waals surface area contributed by atoms with Gasteiger partial charge < -0.3 is 0 Å². The van der Waals surface area contributed by atoms with Gasteiger partial charge in [0.2, 0.25) is 0 Å². The molecule has 2 aliphatic carbocycles. The molecule has 0 bridgehead atoms. The summed E-state index contributed by atoms with van der Waals surface area (Å²) < 4.78 is 0. The van der Waals surface area contributed by atoms with Gasteiger partial charge in [0.1, 0.15) is 0 Å². The second-order valence-electron chi connectivity index (χ2n) is 3.11. The van der Waals surface area contributed by atoms with Crippen LogP contribution < -0.4 is 0 Å². The molecular weight excluding hydrogens is 96.1 g/mol. The van der Waals surface area contributed by atoms with Crippen LogP contribution in [-0.4, -0.2) is 0 Å². The molecule has 2 aliphatic rings. The Kier molecular flexibility index (Phi) is 0.787. The summed E-state index contributed by atoms with van der Waals surface area (Å²) in [6.07, 6.45) is 7.54. The first-order valence-electron chi connectivity index (χ1n) is 3.56. The molecule has 0 aromatic rings. The third kappa shape index (κ3) is 0.460. The van der Waals surface area contributed by atoms with Gasteiger partial charge in [0, 0.05) is 0 Å². The van der Waals surface area contributed by atoms with Crippen LogP contribution in [0.15, 0.2) is 12.2 Å². The van der Waals surface area contributed by atoms with Gasteiger partial charge in [-0.3, -0.25) is 0 Å². The zero-order valence-electron chi connectivity index (χ0n) is 5.30. The van der Waals surface area contributed by atoms with E-state index in [0.717, 1.165) is 17.8 Å². The standard InChI is InChI=1S/C8H12/c1-6-7-4-2-3-5-8(6)7/h2,4,6-8H,3,5H2,1H3/t6-,7-,8-/m1/s1. The highest BCUT2D eigenvalue weighted by atomic mass is 14.5. The Morgan fingerprint density at radius 1 is 1.50 bits per heavy atom. The second-order valence-corrected chi connectivity index (χ2v) is 3.11. The first kappa shape index (κ1) is 4.60. The van der Waals surface area contributed by atoms with E-state index in [-0.39, 0.29) is 0 Å². The minimum absolute atomic E-state index is 0.990. The average molecular weight is 108 g/mol. The van der Waals surface area contributed by atoms with Crippen molar-refractivity contribution in [2.45, 2.75) is 19.8 Å². The van der Waals surface area contributed by atoms with Gasteiger partial charge in [0.15, 0.2) is 0 Å². The third-order valence-corrected chi connectivity index (χ3v) is 2.66. The van der Waals surface area contributed by atoms with Crippen LogP contribution in [0.4, 0.5) is 0 Å². The van der Waals surface area contributed by atoms with Crippen LogP contribution in [0, 0.1) is 17.8 Å². The number of hydrogen-bond donors (Lipinski definition) is 0. The summed E-state index contributed by atoms with van der Waals surface area (Å²) in [6, 6.07) is 0. The lowest BCUT2D eigenvalue weighted by Crippen LogP contribution is -1.83. The number of rotatable bonds is 0. The molecule has 0 nitrogen and oxygen atoms in total. The molecule has 0 aromatic heterocycles. The van der Waals surface area contributed by atoms with Crippen LogP contribution >= 0.6 is 0 Å². The van der Waals surface area contributed by atoms with Crippen LogP contribution in [0.5, 0.6) is 0 Å². The SMILES string of the molecule is C[C@@H]1[C@H]2C=CCC[C@H]12. The van der Waals surface area contributed by atoms with Crippen molar-refractivity contribution in [1.82, 2.24) is 0 Å². The maximum atomic E-state index is 2.40. The van der Waals surface area contributed by atoms with Gasteiger partial charge in [-0.25, -0.2) is 0 Å². The Hall–Kier alpha value is -0.260. The van der Waals surface area contributed by atoms with Crippen molar-refractivity contribution in [1.29, 1.82) is 0 Å². The van der Waals surface area contributed by atoms with Gasteiger partial charge >= 0.3 is 0 Å². The van der Waals surface area contributed by atoms with E-state index in [2.05, 4.69) is 19.1 Å². The van der Waals surface area contributed by atoms with Crippen molar-refractivity contribution < 1.29 is 0 Å². The van der Waals surface area contributed by atoms with E-state index < -0.39 is 0 Å². The normalized spacial score (nSPS) is 50.9. The Balaban J connectivity index is 2.12. The maximum absolute atomic E-state index is 2.40. The van der Waals surface area contributed by atoms with Gasteiger partial charge in [0.05, 0.1) is 0 Å². The van der Waals surface area contributed by atoms with E-state index in [0.29, 0.717) is 0 Å². The monoisotopic (exact) mass is 108 g/mol. The minimum atomic E-state index is 0.990. The highest BCUT2D eigenvalue weighted by Crippen LogP contribution is 2.51. The van der Waals surface area contributed by atoms with E-state index in [9.17, 15) is 0 Å². The van der Waals surface area contributed by atoms with Gasteiger partial charge in [-0.15, -0.1) is 0 Å². The van der Waals surface area contributed by atoms with Gasteiger partial charge in [-0.1, -0.05) is 19.1 Å². The van der Waals surface area contributed by atoms with Crippen molar-refractivity contribution in [3.63, 3.8) is 0 Å². The van der Waals surface area contributed by atoms with Gasteiger partial charge in [-0.05, 0) is 30.6 Å². The van der Waals surface area contributed by atoms with Crippen molar-refractivity contribution in [3.05, 3.63) is 12.2 Å². The molecule has 0 N–H and O–H groups in total. The number of allylic oxidation sites excluding steroid dienone is 2. The first-order valence-corrected chi connectivity index (χ1v) is 3.56. The Morgan fingerprint density at radius 2 is 2.38 bits per heavy atom. The molecule has 0 spiro atoms. The Morgan fingerprint density at radius 3 is 2.88 bits per heavy atom. The fraction of sp³-hybridized carbons (Fsp3) is 0.750. The molecule has 44 valence electrons. The Bertz CT molecular complexity index is 124. The molecule has 0 radical (unpaired) electrons. The molecule has 1 saturated carbocycles. The highest BCUT2D eigenvalue weighted by molar-refractivity contribution is 5.10. The summed E-state index contributed by atoms with van der Waals surface area (Å²) in [4.78, 5) is 0. The smallest absolute Gasteiger partial charge is 0.0174 e. The Labute approximate surface area is 50.6 Å². The van der Waals surface area contributed by atoms with Crippen LogP contribution in [0.2, 0.25) is 0 Å². The van der Waals surface area contributed by atoms with E-state index in [4.69, 9.17) is 0 Å². The molecule has 2 rings (SSSR count). The third-order valence-electron chi connectivity index (χ3n) is 2.66. The predicted molar refractivity (Wildman–Crippen MR) is 34.5 cm³/mol. The van der Waals surface area contributed by atoms with Gasteiger partial charge in [-0.2, -0.15) is 0 Å². The van der Waals surface area contributed by atoms with Crippen LogP contribution in [0.25, 0.3) is 0 Å². The molecule has 1 fully saturated rings. The molecule has 0 aliphatic heterocycles. The topological polar surface area (TPSA) is 0 Å². The second kappa shape index (κ2) is 1.37. The van der Waals surface area contributed by atoms with E-state index in [1.165, 1.54) is 12.8 Å². The summed E-state index contributed by atoms with van der Waals surface area (Å²) in [5, 5.41) is 0. The summed E-state index contributed by atoms with van der Waals surface area (Å²) in [6.45, 7) is 2.37. The molecule has 8 heavy (non-hydrogen) atoms. The quantitative estimate of drug-likeness (QED) is 0.417. The van der Waals surface area contributed by atoms with Crippen LogP contribution in [0.1, 0.15) is 19.8 Å². The molecule has 3 atom stereocenters. The molecule has 0 heterocycles. The van der Waals surface area contributed by atoms with Crippen molar-refractivity contribution in [2.24, 2.45) is 17.8 Å². The van der Waals surface area contributed by atoms with Gasteiger partial charge in [0.25, 0.3) is 0 Å². The van der Waals surface area contributed by atoms with E-state index >= 15 is 0 Å². The van der Waals surface area contributed by atoms with E-state index in [1.54, 1.807) is 0 Å². The fourth-order valence-electron chi connectivity index (χ4n) is 1.89. The number of fused-ring (bicyclic) bond motifs is 1. The summed E-state index contributed by atoms with van der Waals surface area (Å²) >= 11 is 0. The lowest BCUT2D eigenvalue weighted by atomic mass is 10.1. The molecule has 0 saturated heterocycles. The average Bonchev–Trinajstić information content (AvgIpc) is 2.46. The summed E-state index contributed by atoms with van der Waals surface area (Å²) in [5.41, 5.74) is 0. The van der Waals surface area contributed by atoms with E-state index in [1.807, 2.05) is 0 Å². The largest absolute Gasteiger partial charge is 0.0882 e. The zero-order chi connectivity index (χ0) is 5.56. The fourth-order valence-corrected chi connectivity index (χ4v) is 1.89. The first-order chi connectivity index (χ1) is 3.89. The van der Waals surface area contributed by atoms with Crippen LogP contribution in [-0.2, 0) is 0 Å². The minimum Gasteiger partial charge on any atom is -0.0882 e. The molecule has 0 amide bonds. The lowest BCUT2D eigenvalue weighted by molar-refractivity contribution is 0.661. The summed E-state index contributed by atoms with van der Waals surface area (Å²) in [5.74, 6) is 3.09. The summed E-state index contributed by atoms with van der Waals surface area (Å²) in [7, 11) is 0. The predicted octanol–water partition coefficient (Wildman–Crippen LogP) is 2.22. The molecule has 0 aromatic carbocycles. The van der Waals surface area contributed by atoms with Crippen LogP contribution in [0.3, 0.4) is 0 Å². The highest BCUT2D eigenvalue weighted by Gasteiger charge is 2.44. The molecule has 0 unspecified atom stereocenters. The molecular formula is C8H12. The number of hydrogen-bond acceptors (Lipinski definition) is 0. The van der Waals surface area contributed by atoms with Crippen molar-refractivity contribution in [3.8, 4) is 0 Å². The van der Waals surface area contributed by atoms with Crippen molar-refractivity contribution >= 4 is 0 Å². The van der Waals surface area contributed by atoms with Crippen molar-refractivity contribution in [2.75, 3.05) is 0 Å². The lowest BCUT2D eigenvalue weighted by Gasteiger charge is -1.96. The maximum Gasteiger partial charge on any atom is -0.0174 e. The zero-order valence-corrected chi connectivity index (χ0v) is 5.30. The molecule has 0 heteroatoms.